The van der Waals surface area contributed by atoms with Crippen molar-refractivity contribution in [3.63, 3.8) is 0 Å². The topological polar surface area (TPSA) is 69.6 Å². The summed E-state index contributed by atoms with van der Waals surface area (Å²) in [6, 6.07) is 15.3. The Kier molecular flexibility index (Phi) is 3.60. The summed E-state index contributed by atoms with van der Waals surface area (Å²) in [5, 5.41) is 19.9. The number of carboxylic acids is 1. The molecular weight excluding hydrogens is 232 g/mol. The summed E-state index contributed by atoms with van der Waals surface area (Å²) in [6.45, 7) is 0. The Balaban J connectivity index is 2.20. The maximum absolute atomic E-state index is 10.6. The Morgan fingerprint density at radius 3 is 2.39 bits per heavy atom. The predicted molar refractivity (Wildman–Crippen MR) is 62.9 cm³/mol. The minimum absolute atomic E-state index is 0.225. The number of ether oxygens (including phenoxy) is 1. The quantitative estimate of drug-likeness (QED) is 0.877. The Hall–Kier alpha value is -2.33. The molecule has 0 heterocycles. The predicted octanol–water partition coefficient (Wildman–Crippen LogP) is 1.26. The molecule has 2 aromatic carbocycles. The van der Waals surface area contributed by atoms with Crippen molar-refractivity contribution in [2.24, 2.45) is 0 Å². The van der Waals surface area contributed by atoms with Gasteiger partial charge in [-0.05, 0) is 29.8 Å². The lowest BCUT2D eigenvalue weighted by Crippen LogP contribution is -2.29. The first-order valence-electron chi connectivity index (χ1n) is 5.38. The van der Waals surface area contributed by atoms with Crippen LogP contribution < -0.4 is 9.84 Å². The maximum Gasteiger partial charge on any atom is 0.127 e. The molecule has 0 saturated carbocycles. The number of aliphatic hydroxyl groups is 1. The van der Waals surface area contributed by atoms with Crippen molar-refractivity contribution in [2.75, 3.05) is 0 Å². The van der Waals surface area contributed by atoms with Crippen LogP contribution in [0, 0.1) is 0 Å². The minimum atomic E-state index is -1.65. The van der Waals surface area contributed by atoms with Gasteiger partial charge in [0.15, 0.2) is 0 Å². The average molecular weight is 243 g/mol. The van der Waals surface area contributed by atoms with Crippen LogP contribution in [0.5, 0.6) is 11.5 Å². The molecule has 2 rings (SSSR count). The molecule has 0 unspecified atom stereocenters. The van der Waals surface area contributed by atoms with E-state index in [1.165, 1.54) is 12.1 Å². The van der Waals surface area contributed by atoms with Crippen LogP contribution in [0.2, 0.25) is 0 Å². The molecule has 0 spiro atoms. The highest BCUT2D eigenvalue weighted by atomic mass is 16.5. The first kappa shape index (κ1) is 12.1. The smallest absolute Gasteiger partial charge is 0.127 e. The van der Waals surface area contributed by atoms with E-state index in [0.717, 1.165) is 0 Å². The number of benzene rings is 2. The van der Waals surface area contributed by atoms with Gasteiger partial charge in [0, 0.05) is 0 Å². The first-order valence-corrected chi connectivity index (χ1v) is 5.38. The van der Waals surface area contributed by atoms with Crippen molar-refractivity contribution in [3.05, 3.63) is 60.2 Å². The lowest BCUT2D eigenvalue weighted by atomic mass is 10.1. The summed E-state index contributed by atoms with van der Waals surface area (Å²) in [5.74, 6) is -0.441. The summed E-state index contributed by atoms with van der Waals surface area (Å²) in [6.07, 6.45) is -1.65. The van der Waals surface area contributed by atoms with Crippen molar-refractivity contribution in [3.8, 4) is 11.5 Å². The Morgan fingerprint density at radius 1 is 1.06 bits per heavy atom. The van der Waals surface area contributed by atoms with Gasteiger partial charge in [-0.1, -0.05) is 30.3 Å². The molecule has 0 amide bonds. The van der Waals surface area contributed by atoms with Gasteiger partial charge in [0.25, 0.3) is 0 Å². The van der Waals surface area contributed by atoms with Gasteiger partial charge in [-0.2, -0.15) is 0 Å². The first-order chi connectivity index (χ1) is 8.66. The molecule has 0 saturated heterocycles. The van der Waals surface area contributed by atoms with Crippen molar-refractivity contribution in [2.45, 2.75) is 6.10 Å². The summed E-state index contributed by atoms with van der Waals surface area (Å²) in [7, 11) is 0. The van der Waals surface area contributed by atoms with Gasteiger partial charge in [-0.3, -0.25) is 0 Å². The number of aliphatic carboxylic acids is 1. The minimum Gasteiger partial charge on any atom is -0.547 e. The number of carbonyl (C=O) groups excluding carboxylic acids is 1. The largest absolute Gasteiger partial charge is 0.547 e. The molecule has 4 heteroatoms. The van der Waals surface area contributed by atoms with Gasteiger partial charge in [0.05, 0.1) is 5.97 Å². The number of para-hydroxylation sites is 1. The third-order valence-corrected chi connectivity index (χ3v) is 2.38. The summed E-state index contributed by atoms with van der Waals surface area (Å²) in [5.41, 5.74) is 0.225. The number of aliphatic hydroxyl groups excluding tert-OH is 1. The molecule has 0 aliphatic carbocycles. The number of rotatable bonds is 4. The number of hydrogen-bond acceptors (Lipinski definition) is 4. The highest BCUT2D eigenvalue weighted by Gasteiger charge is 2.09. The van der Waals surface area contributed by atoms with E-state index >= 15 is 0 Å². The van der Waals surface area contributed by atoms with Crippen LogP contribution in [0.15, 0.2) is 54.6 Å². The molecule has 4 nitrogen and oxygen atoms in total. The number of carbonyl (C=O) groups is 1. The SMILES string of the molecule is O=C([O-])[C@@H](O)c1cccc(Oc2ccccc2)c1. The fraction of sp³-hybridized carbons (Fsp3) is 0.0714. The third-order valence-electron chi connectivity index (χ3n) is 2.38. The van der Waals surface area contributed by atoms with Crippen LogP contribution in [0.25, 0.3) is 0 Å². The van der Waals surface area contributed by atoms with Crippen molar-refractivity contribution >= 4 is 5.97 Å². The zero-order valence-corrected chi connectivity index (χ0v) is 9.45. The molecule has 0 bridgehead atoms. The summed E-state index contributed by atoms with van der Waals surface area (Å²) in [4.78, 5) is 10.6. The summed E-state index contributed by atoms with van der Waals surface area (Å²) >= 11 is 0. The molecule has 0 aromatic heterocycles. The Morgan fingerprint density at radius 2 is 1.72 bits per heavy atom. The van der Waals surface area contributed by atoms with E-state index in [2.05, 4.69) is 0 Å². The molecule has 0 radical (unpaired) electrons. The van der Waals surface area contributed by atoms with Gasteiger partial charge in [0.1, 0.15) is 17.6 Å². The lowest BCUT2D eigenvalue weighted by Gasteiger charge is -2.13. The van der Waals surface area contributed by atoms with Crippen LogP contribution in [-0.2, 0) is 4.79 Å². The Bertz CT molecular complexity index is 537. The van der Waals surface area contributed by atoms with E-state index in [1.54, 1.807) is 24.3 Å². The lowest BCUT2D eigenvalue weighted by molar-refractivity contribution is -0.315. The second-order valence-corrected chi connectivity index (χ2v) is 3.71. The fourth-order valence-electron chi connectivity index (χ4n) is 1.51. The molecular formula is C14H11O4-. The van der Waals surface area contributed by atoms with Gasteiger partial charge in [-0.25, -0.2) is 0 Å². The van der Waals surface area contributed by atoms with E-state index in [-0.39, 0.29) is 5.56 Å². The van der Waals surface area contributed by atoms with Crippen LogP contribution in [-0.4, -0.2) is 11.1 Å². The van der Waals surface area contributed by atoms with E-state index in [4.69, 9.17) is 4.74 Å². The van der Waals surface area contributed by atoms with E-state index in [1.807, 2.05) is 18.2 Å². The Labute approximate surface area is 104 Å². The molecule has 18 heavy (non-hydrogen) atoms. The number of carboxylic acid groups (broad SMARTS) is 1. The second kappa shape index (κ2) is 5.33. The molecule has 0 fully saturated rings. The standard InChI is InChI=1S/C14H12O4/c15-13(14(16)17)10-5-4-8-12(9-10)18-11-6-2-1-3-7-11/h1-9,13,15H,(H,16,17)/p-1/t13-/m0/s1. The van der Waals surface area contributed by atoms with Crippen molar-refractivity contribution in [1.82, 2.24) is 0 Å². The normalized spacial score (nSPS) is 11.8. The second-order valence-electron chi connectivity index (χ2n) is 3.71. The van der Waals surface area contributed by atoms with Crippen molar-refractivity contribution in [1.29, 1.82) is 0 Å². The average Bonchev–Trinajstić information content (AvgIpc) is 2.39. The monoisotopic (exact) mass is 243 g/mol. The number of hydrogen-bond donors (Lipinski definition) is 1. The summed E-state index contributed by atoms with van der Waals surface area (Å²) < 4.78 is 5.52. The van der Waals surface area contributed by atoms with Gasteiger partial charge in [-0.15, -0.1) is 0 Å². The van der Waals surface area contributed by atoms with E-state index < -0.39 is 12.1 Å². The van der Waals surface area contributed by atoms with Gasteiger partial charge < -0.3 is 19.7 Å². The fourth-order valence-corrected chi connectivity index (χ4v) is 1.51. The molecule has 1 atom stereocenters. The van der Waals surface area contributed by atoms with Crippen LogP contribution >= 0.6 is 0 Å². The van der Waals surface area contributed by atoms with Crippen LogP contribution in [0.1, 0.15) is 11.7 Å². The van der Waals surface area contributed by atoms with Crippen LogP contribution in [0.4, 0.5) is 0 Å². The molecule has 2 aromatic rings. The molecule has 0 aliphatic rings. The third kappa shape index (κ3) is 2.87. The zero-order chi connectivity index (χ0) is 13.0. The van der Waals surface area contributed by atoms with Crippen LogP contribution in [0.3, 0.4) is 0 Å². The molecule has 1 N–H and O–H groups in total. The highest BCUT2D eigenvalue weighted by molar-refractivity contribution is 5.72. The van der Waals surface area contributed by atoms with Gasteiger partial charge in [0.2, 0.25) is 0 Å². The van der Waals surface area contributed by atoms with Crippen molar-refractivity contribution < 1.29 is 19.7 Å². The highest BCUT2D eigenvalue weighted by Crippen LogP contribution is 2.24. The van der Waals surface area contributed by atoms with E-state index in [9.17, 15) is 15.0 Å². The van der Waals surface area contributed by atoms with Gasteiger partial charge >= 0.3 is 0 Å². The zero-order valence-electron chi connectivity index (χ0n) is 9.45. The maximum atomic E-state index is 10.6. The molecule has 0 aliphatic heterocycles. The van der Waals surface area contributed by atoms with E-state index in [0.29, 0.717) is 11.5 Å². The molecule has 92 valence electrons.